The second kappa shape index (κ2) is 3.90. The van der Waals surface area contributed by atoms with E-state index >= 15 is 0 Å². The zero-order chi connectivity index (χ0) is 9.84. The Morgan fingerprint density at radius 3 is 2.85 bits per heavy atom. The molecule has 0 aromatic carbocycles. The molecule has 0 aliphatic carbocycles. The van der Waals surface area contributed by atoms with Crippen molar-refractivity contribution in [2.75, 3.05) is 5.73 Å². The maximum atomic E-state index is 8.84. The standard InChI is InChI=1S/C10H13N3/c1-7(2)5-8-3-4-13-10(12)9(8)6-11/h3-4,7H,5H2,1-2H3,(H2,12,13). The second-order valence-corrected chi connectivity index (χ2v) is 3.44. The van der Waals surface area contributed by atoms with Crippen molar-refractivity contribution in [1.82, 2.24) is 4.98 Å². The minimum absolute atomic E-state index is 0.334. The molecule has 1 heterocycles. The minimum atomic E-state index is 0.334. The van der Waals surface area contributed by atoms with Gasteiger partial charge in [-0.05, 0) is 24.0 Å². The number of pyridine rings is 1. The van der Waals surface area contributed by atoms with Gasteiger partial charge in [0.25, 0.3) is 0 Å². The maximum Gasteiger partial charge on any atom is 0.141 e. The number of nitrogens with two attached hydrogens (primary N) is 1. The third-order valence-electron chi connectivity index (χ3n) is 1.81. The molecule has 0 bridgehead atoms. The summed E-state index contributed by atoms with van der Waals surface area (Å²) in [5.74, 6) is 0.856. The van der Waals surface area contributed by atoms with Crippen LogP contribution in [-0.2, 0) is 6.42 Å². The van der Waals surface area contributed by atoms with E-state index in [2.05, 4.69) is 24.9 Å². The molecule has 0 amide bonds. The van der Waals surface area contributed by atoms with Crippen LogP contribution >= 0.6 is 0 Å². The van der Waals surface area contributed by atoms with Crippen LogP contribution in [-0.4, -0.2) is 4.98 Å². The number of nitrogens with zero attached hydrogens (tertiary/aromatic N) is 2. The molecule has 3 heteroatoms. The van der Waals surface area contributed by atoms with Crippen LogP contribution < -0.4 is 5.73 Å². The normalized spacial score (nSPS) is 10.0. The summed E-state index contributed by atoms with van der Waals surface area (Å²) < 4.78 is 0. The van der Waals surface area contributed by atoms with Gasteiger partial charge in [-0.15, -0.1) is 0 Å². The molecule has 0 spiro atoms. The van der Waals surface area contributed by atoms with E-state index in [0.717, 1.165) is 12.0 Å². The van der Waals surface area contributed by atoms with Gasteiger partial charge in [-0.1, -0.05) is 13.8 Å². The summed E-state index contributed by atoms with van der Waals surface area (Å²) in [6.45, 7) is 4.22. The van der Waals surface area contributed by atoms with Crippen molar-refractivity contribution in [3.05, 3.63) is 23.4 Å². The first-order chi connectivity index (χ1) is 6.15. The maximum absolute atomic E-state index is 8.84. The van der Waals surface area contributed by atoms with E-state index in [4.69, 9.17) is 11.0 Å². The molecule has 0 saturated heterocycles. The van der Waals surface area contributed by atoms with E-state index in [9.17, 15) is 0 Å². The molecule has 3 nitrogen and oxygen atoms in total. The van der Waals surface area contributed by atoms with Gasteiger partial charge in [-0.3, -0.25) is 0 Å². The van der Waals surface area contributed by atoms with Crippen molar-refractivity contribution in [2.45, 2.75) is 20.3 Å². The highest BCUT2D eigenvalue weighted by Crippen LogP contribution is 2.16. The second-order valence-electron chi connectivity index (χ2n) is 3.44. The fourth-order valence-electron chi connectivity index (χ4n) is 1.26. The number of hydrogen-bond donors (Lipinski definition) is 1. The van der Waals surface area contributed by atoms with Crippen molar-refractivity contribution in [1.29, 1.82) is 5.26 Å². The Hall–Kier alpha value is -1.56. The Balaban J connectivity index is 3.07. The molecule has 0 radical (unpaired) electrons. The van der Waals surface area contributed by atoms with E-state index in [1.54, 1.807) is 6.20 Å². The van der Waals surface area contributed by atoms with E-state index in [1.165, 1.54) is 0 Å². The first kappa shape index (κ1) is 9.53. The fourth-order valence-corrected chi connectivity index (χ4v) is 1.26. The molecule has 1 aromatic rings. The lowest BCUT2D eigenvalue weighted by Gasteiger charge is -2.07. The molecule has 1 aromatic heterocycles. The minimum Gasteiger partial charge on any atom is -0.383 e. The average molecular weight is 175 g/mol. The summed E-state index contributed by atoms with van der Waals surface area (Å²) in [6, 6.07) is 3.94. The van der Waals surface area contributed by atoms with Crippen LogP contribution in [0.5, 0.6) is 0 Å². The molecule has 13 heavy (non-hydrogen) atoms. The fraction of sp³-hybridized carbons (Fsp3) is 0.400. The lowest BCUT2D eigenvalue weighted by Crippen LogP contribution is -2.02. The molecule has 1 rings (SSSR count). The third kappa shape index (κ3) is 2.19. The van der Waals surface area contributed by atoms with Gasteiger partial charge >= 0.3 is 0 Å². The summed E-state index contributed by atoms with van der Waals surface area (Å²) in [7, 11) is 0. The van der Waals surface area contributed by atoms with Crippen molar-refractivity contribution in [3.63, 3.8) is 0 Å². The number of nitriles is 1. The van der Waals surface area contributed by atoms with Crippen molar-refractivity contribution in [3.8, 4) is 6.07 Å². The quantitative estimate of drug-likeness (QED) is 0.744. The van der Waals surface area contributed by atoms with Crippen LogP contribution in [0.2, 0.25) is 0 Å². The van der Waals surface area contributed by atoms with Crippen LogP contribution in [0, 0.1) is 17.2 Å². The molecule has 0 aliphatic heterocycles. The van der Waals surface area contributed by atoms with Gasteiger partial charge in [0.2, 0.25) is 0 Å². The average Bonchev–Trinajstić information content (AvgIpc) is 2.03. The van der Waals surface area contributed by atoms with Gasteiger partial charge in [0.15, 0.2) is 0 Å². The van der Waals surface area contributed by atoms with E-state index in [-0.39, 0.29) is 0 Å². The number of nitrogen functional groups attached to an aromatic ring is 1. The molecule has 2 N–H and O–H groups in total. The Labute approximate surface area is 78.2 Å². The SMILES string of the molecule is CC(C)Cc1ccnc(N)c1C#N. The largest absolute Gasteiger partial charge is 0.383 e. The summed E-state index contributed by atoms with van der Waals surface area (Å²) in [5.41, 5.74) is 7.09. The van der Waals surface area contributed by atoms with Gasteiger partial charge in [0, 0.05) is 6.20 Å². The summed E-state index contributed by atoms with van der Waals surface area (Å²) >= 11 is 0. The smallest absolute Gasteiger partial charge is 0.141 e. The van der Waals surface area contributed by atoms with Crippen LogP contribution in [0.15, 0.2) is 12.3 Å². The topological polar surface area (TPSA) is 62.7 Å². The number of rotatable bonds is 2. The predicted octanol–water partition coefficient (Wildman–Crippen LogP) is 1.73. The molecular weight excluding hydrogens is 162 g/mol. The predicted molar refractivity (Wildman–Crippen MR) is 51.9 cm³/mol. The molecule has 0 aliphatic rings. The molecule has 0 atom stereocenters. The van der Waals surface area contributed by atoms with Gasteiger partial charge < -0.3 is 5.73 Å². The highest BCUT2D eigenvalue weighted by molar-refractivity contribution is 5.52. The summed E-state index contributed by atoms with van der Waals surface area (Å²) in [5, 5.41) is 8.84. The number of anilines is 1. The lowest BCUT2D eigenvalue weighted by molar-refractivity contribution is 0.646. The molecular formula is C10H13N3. The highest BCUT2D eigenvalue weighted by atomic mass is 14.8. The third-order valence-corrected chi connectivity index (χ3v) is 1.81. The van der Waals surface area contributed by atoms with Crippen LogP contribution in [0.25, 0.3) is 0 Å². The number of hydrogen-bond acceptors (Lipinski definition) is 3. The first-order valence-corrected chi connectivity index (χ1v) is 4.28. The van der Waals surface area contributed by atoms with Crippen molar-refractivity contribution < 1.29 is 0 Å². The van der Waals surface area contributed by atoms with E-state index in [0.29, 0.717) is 17.3 Å². The zero-order valence-corrected chi connectivity index (χ0v) is 7.91. The van der Waals surface area contributed by atoms with E-state index in [1.807, 2.05) is 6.07 Å². The van der Waals surface area contributed by atoms with Crippen molar-refractivity contribution in [2.24, 2.45) is 5.92 Å². The molecule has 68 valence electrons. The van der Waals surface area contributed by atoms with Crippen molar-refractivity contribution >= 4 is 5.82 Å². The van der Waals surface area contributed by atoms with Gasteiger partial charge in [-0.25, -0.2) is 4.98 Å². The van der Waals surface area contributed by atoms with Crippen LogP contribution in [0.4, 0.5) is 5.82 Å². The Morgan fingerprint density at radius 2 is 2.31 bits per heavy atom. The summed E-state index contributed by atoms with van der Waals surface area (Å²) in [6.07, 6.45) is 2.52. The van der Waals surface area contributed by atoms with Crippen LogP contribution in [0.1, 0.15) is 25.0 Å². The molecule has 0 saturated carbocycles. The van der Waals surface area contributed by atoms with Gasteiger partial charge in [0.05, 0.1) is 5.56 Å². The van der Waals surface area contributed by atoms with E-state index < -0.39 is 0 Å². The van der Waals surface area contributed by atoms with Gasteiger partial charge in [-0.2, -0.15) is 5.26 Å². The zero-order valence-electron chi connectivity index (χ0n) is 7.91. The van der Waals surface area contributed by atoms with Crippen LogP contribution in [0.3, 0.4) is 0 Å². The first-order valence-electron chi connectivity index (χ1n) is 4.28. The summed E-state index contributed by atoms with van der Waals surface area (Å²) in [4.78, 5) is 3.87. The monoisotopic (exact) mass is 175 g/mol. The molecule has 0 fully saturated rings. The highest BCUT2D eigenvalue weighted by Gasteiger charge is 2.07. The van der Waals surface area contributed by atoms with Gasteiger partial charge in [0.1, 0.15) is 11.9 Å². The lowest BCUT2D eigenvalue weighted by atomic mass is 10.00. The number of aromatic nitrogens is 1. The Bertz CT molecular complexity index is 337. The Morgan fingerprint density at radius 1 is 1.62 bits per heavy atom. The molecule has 0 unspecified atom stereocenters. The Kier molecular flexibility index (Phi) is 2.86.